The van der Waals surface area contributed by atoms with Gasteiger partial charge in [-0.05, 0) is 25.8 Å². The minimum Gasteiger partial charge on any atom is -0.322 e. The molecule has 5 nitrogen and oxygen atoms in total. The zero-order valence-corrected chi connectivity index (χ0v) is 13.5. The molecule has 2 aliphatic rings. The van der Waals surface area contributed by atoms with E-state index in [9.17, 15) is 9.18 Å². The zero-order chi connectivity index (χ0) is 13.8. The number of nitrogens with zero attached hydrogens (tertiary/aromatic N) is 2. The molecule has 21 heavy (non-hydrogen) atoms. The van der Waals surface area contributed by atoms with Gasteiger partial charge in [0.2, 0.25) is 5.91 Å². The number of carbonyl (C=O) groups is 1. The lowest BCUT2D eigenvalue weighted by molar-refractivity contribution is -0.133. The molecule has 1 amide bonds. The van der Waals surface area contributed by atoms with Gasteiger partial charge in [-0.25, -0.2) is 4.39 Å². The summed E-state index contributed by atoms with van der Waals surface area (Å²) in [6, 6.07) is 0.938. The molecule has 0 spiro atoms. The van der Waals surface area contributed by atoms with Gasteiger partial charge in [0.05, 0.1) is 18.7 Å². The molecule has 3 unspecified atom stereocenters. The summed E-state index contributed by atoms with van der Waals surface area (Å²) in [6.45, 7) is 0.964. The normalized spacial score (nSPS) is 29.8. The van der Waals surface area contributed by atoms with Crippen LogP contribution in [0.2, 0.25) is 0 Å². The third-order valence-electron chi connectivity index (χ3n) is 3.95. The molecule has 2 fully saturated rings. The van der Waals surface area contributed by atoms with Crippen molar-refractivity contribution in [3.63, 3.8) is 0 Å². The van der Waals surface area contributed by atoms with E-state index in [2.05, 4.69) is 5.32 Å². The maximum Gasteiger partial charge on any atom is 0.240 e. The lowest BCUT2D eigenvalue weighted by Crippen LogP contribution is -2.49. The Balaban J connectivity index is 0.00000200. The molecule has 0 saturated carbocycles. The fourth-order valence-corrected chi connectivity index (χ4v) is 2.90. The van der Waals surface area contributed by atoms with Crippen molar-refractivity contribution >= 4 is 30.7 Å². The first-order valence-electron chi connectivity index (χ1n) is 6.95. The van der Waals surface area contributed by atoms with E-state index in [1.54, 1.807) is 0 Å². The molecule has 4 atom stereocenters. The number of hydrogen-bond donors (Lipinski definition) is 2. The fraction of sp³-hybridized carbons (Fsp3) is 0.846. The topological polar surface area (TPSA) is 82.2 Å². The van der Waals surface area contributed by atoms with E-state index in [4.69, 9.17) is 11.0 Å². The van der Waals surface area contributed by atoms with Gasteiger partial charge in [0.15, 0.2) is 0 Å². The summed E-state index contributed by atoms with van der Waals surface area (Å²) in [5.74, 6) is -0.293. The highest BCUT2D eigenvalue weighted by molar-refractivity contribution is 5.85. The van der Waals surface area contributed by atoms with Crippen LogP contribution in [0.5, 0.6) is 0 Å². The first-order chi connectivity index (χ1) is 9.11. The summed E-state index contributed by atoms with van der Waals surface area (Å²) >= 11 is 0. The molecule has 0 aromatic heterocycles. The van der Waals surface area contributed by atoms with Crippen LogP contribution in [0, 0.1) is 11.3 Å². The molecule has 2 heterocycles. The van der Waals surface area contributed by atoms with E-state index in [1.807, 2.05) is 6.07 Å². The minimum absolute atomic E-state index is 0. The Bertz CT molecular complexity index is 374. The molecular formula is C13H23Cl2FN4O. The molecule has 2 aliphatic heterocycles. The SMILES string of the molecule is Cl.Cl.N#CC1CC(F)CN1C(=O)[C@@H](N)CC1CCCCN1. The largest absolute Gasteiger partial charge is 0.322 e. The van der Waals surface area contributed by atoms with Crippen LogP contribution in [0.1, 0.15) is 32.1 Å². The van der Waals surface area contributed by atoms with Crippen molar-refractivity contribution in [2.45, 2.75) is 56.4 Å². The standard InChI is InChI=1S/C13H21FN4O.2ClH/c14-9-5-11(7-15)18(8-9)13(19)12(16)6-10-3-1-2-4-17-10;;/h9-12,17H,1-6,8,16H2;2*1H/t9?,10?,11?,12-;;/m0../s1. The van der Waals surface area contributed by atoms with Gasteiger partial charge in [-0.2, -0.15) is 5.26 Å². The molecule has 0 aromatic carbocycles. The molecule has 2 rings (SSSR count). The number of alkyl halides is 1. The van der Waals surface area contributed by atoms with Crippen LogP contribution in [0.15, 0.2) is 0 Å². The van der Waals surface area contributed by atoms with E-state index in [0.717, 1.165) is 25.8 Å². The first kappa shape index (κ1) is 20.4. The predicted molar refractivity (Wildman–Crippen MR) is 83.4 cm³/mol. The Morgan fingerprint density at radius 3 is 2.76 bits per heavy atom. The van der Waals surface area contributed by atoms with Crippen LogP contribution in [-0.4, -0.2) is 48.2 Å². The van der Waals surface area contributed by atoms with Crippen molar-refractivity contribution in [1.29, 1.82) is 5.26 Å². The summed E-state index contributed by atoms with van der Waals surface area (Å²) in [5.41, 5.74) is 5.93. The summed E-state index contributed by atoms with van der Waals surface area (Å²) in [7, 11) is 0. The number of amides is 1. The number of nitrogens with one attached hydrogen (secondary N) is 1. The molecule has 8 heteroatoms. The van der Waals surface area contributed by atoms with Crippen LogP contribution < -0.4 is 11.1 Å². The molecule has 0 bridgehead atoms. The van der Waals surface area contributed by atoms with Gasteiger partial charge in [-0.1, -0.05) is 6.42 Å². The molecule has 2 saturated heterocycles. The van der Waals surface area contributed by atoms with Gasteiger partial charge in [0, 0.05) is 12.5 Å². The van der Waals surface area contributed by atoms with Crippen LogP contribution in [0.3, 0.4) is 0 Å². The van der Waals surface area contributed by atoms with E-state index in [1.165, 1.54) is 4.90 Å². The van der Waals surface area contributed by atoms with E-state index in [-0.39, 0.29) is 49.7 Å². The van der Waals surface area contributed by atoms with Crippen molar-refractivity contribution < 1.29 is 9.18 Å². The number of nitrogens with two attached hydrogens (primary N) is 1. The number of piperidine rings is 1. The Hall–Kier alpha value is -0.610. The Morgan fingerprint density at radius 1 is 1.48 bits per heavy atom. The lowest BCUT2D eigenvalue weighted by Gasteiger charge is -2.28. The van der Waals surface area contributed by atoms with Gasteiger partial charge in [0.25, 0.3) is 0 Å². The van der Waals surface area contributed by atoms with Gasteiger partial charge >= 0.3 is 0 Å². The van der Waals surface area contributed by atoms with Gasteiger partial charge in [-0.3, -0.25) is 4.79 Å². The quantitative estimate of drug-likeness (QED) is 0.807. The molecule has 0 aromatic rings. The summed E-state index contributed by atoms with van der Waals surface area (Å²) in [5, 5.41) is 12.3. The van der Waals surface area contributed by atoms with Crippen molar-refractivity contribution in [3.05, 3.63) is 0 Å². The lowest BCUT2D eigenvalue weighted by atomic mass is 9.98. The zero-order valence-electron chi connectivity index (χ0n) is 11.8. The maximum atomic E-state index is 13.3. The Morgan fingerprint density at radius 2 is 2.19 bits per heavy atom. The summed E-state index contributed by atoms with van der Waals surface area (Å²) in [6.07, 6.45) is 2.89. The Kier molecular flexibility index (Phi) is 9.14. The third-order valence-corrected chi connectivity index (χ3v) is 3.95. The average Bonchev–Trinajstić information content (AvgIpc) is 2.80. The van der Waals surface area contributed by atoms with E-state index >= 15 is 0 Å². The van der Waals surface area contributed by atoms with E-state index < -0.39 is 18.3 Å². The van der Waals surface area contributed by atoms with Gasteiger partial charge < -0.3 is 16.0 Å². The minimum atomic E-state index is -1.10. The highest BCUT2D eigenvalue weighted by Gasteiger charge is 2.37. The highest BCUT2D eigenvalue weighted by Crippen LogP contribution is 2.21. The second-order valence-corrected chi connectivity index (χ2v) is 5.46. The smallest absolute Gasteiger partial charge is 0.240 e. The number of halogens is 3. The van der Waals surface area contributed by atoms with Crippen LogP contribution in [0.4, 0.5) is 4.39 Å². The number of carbonyl (C=O) groups excluding carboxylic acids is 1. The number of rotatable bonds is 3. The third kappa shape index (κ3) is 5.26. The monoisotopic (exact) mass is 340 g/mol. The van der Waals surface area contributed by atoms with Gasteiger partial charge in [-0.15, -0.1) is 24.8 Å². The van der Waals surface area contributed by atoms with Crippen LogP contribution >= 0.6 is 24.8 Å². The molecule has 3 N–H and O–H groups in total. The van der Waals surface area contributed by atoms with Gasteiger partial charge in [0.1, 0.15) is 12.2 Å². The van der Waals surface area contributed by atoms with Crippen molar-refractivity contribution in [2.24, 2.45) is 5.73 Å². The second kappa shape index (κ2) is 9.42. The second-order valence-electron chi connectivity index (χ2n) is 5.46. The molecule has 0 aliphatic carbocycles. The molecule has 0 radical (unpaired) electrons. The summed E-state index contributed by atoms with van der Waals surface area (Å²) in [4.78, 5) is 13.5. The number of nitriles is 1. The fourth-order valence-electron chi connectivity index (χ4n) is 2.90. The van der Waals surface area contributed by atoms with E-state index in [0.29, 0.717) is 6.42 Å². The molecular weight excluding hydrogens is 318 g/mol. The van der Waals surface area contributed by atoms with Crippen molar-refractivity contribution in [2.75, 3.05) is 13.1 Å². The van der Waals surface area contributed by atoms with Crippen molar-refractivity contribution in [1.82, 2.24) is 10.2 Å². The van der Waals surface area contributed by atoms with Crippen LogP contribution in [0.25, 0.3) is 0 Å². The maximum absolute atomic E-state index is 13.3. The highest BCUT2D eigenvalue weighted by atomic mass is 35.5. The van der Waals surface area contributed by atoms with Crippen molar-refractivity contribution in [3.8, 4) is 6.07 Å². The Labute approximate surface area is 137 Å². The summed E-state index contributed by atoms with van der Waals surface area (Å²) < 4.78 is 13.3. The number of likely N-dealkylation sites (tertiary alicyclic amines) is 1. The molecule has 122 valence electrons. The first-order valence-corrected chi connectivity index (χ1v) is 6.95. The average molecular weight is 341 g/mol. The number of hydrogen-bond acceptors (Lipinski definition) is 4. The van der Waals surface area contributed by atoms with Crippen LogP contribution in [-0.2, 0) is 4.79 Å². The predicted octanol–water partition coefficient (Wildman–Crippen LogP) is 1.15.